The molecular formula is C12H23NO3SSi. The third-order valence-electron chi connectivity index (χ3n) is 2.46. The second kappa shape index (κ2) is 5.33. The third kappa shape index (κ3) is 6.00. The van der Waals surface area contributed by atoms with Crippen molar-refractivity contribution in [2.24, 2.45) is 0 Å². The minimum absolute atomic E-state index is 0.262. The van der Waals surface area contributed by atoms with Crippen LogP contribution in [0.3, 0.4) is 0 Å². The molecule has 4 nitrogen and oxygen atoms in total. The first-order valence-electron chi connectivity index (χ1n) is 6.21. The van der Waals surface area contributed by atoms with Gasteiger partial charge in [0.2, 0.25) is 0 Å². The maximum Gasteiger partial charge on any atom is 0.336 e. The lowest BCUT2D eigenvalue weighted by atomic mass is 9.96. The van der Waals surface area contributed by atoms with Gasteiger partial charge in [0.1, 0.15) is 8.07 Å². The van der Waals surface area contributed by atoms with E-state index in [4.69, 9.17) is 4.18 Å². The standard InChI is InChI=1S/C12H23NO3SSi/c1-12(2)10-11(16-17(14,15)13-12)8-6-7-9-18(3,4)5/h11,13H,6,8,10H2,1-5H3. The maximum absolute atomic E-state index is 11.5. The Hall–Kier alpha value is -0.353. The molecule has 1 N–H and O–H groups in total. The molecule has 0 spiro atoms. The SMILES string of the molecule is CC1(C)CC(CCC#C[Si](C)(C)C)OS(=O)(=O)N1. The Morgan fingerprint density at radius 1 is 1.39 bits per heavy atom. The van der Waals surface area contributed by atoms with Crippen LogP contribution in [0.4, 0.5) is 0 Å². The fourth-order valence-corrected chi connectivity index (χ4v) is 3.88. The fourth-order valence-electron chi connectivity index (χ4n) is 1.90. The summed E-state index contributed by atoms with van der Waals surface area (Å²) in [5.41, 5.74) is 2.83. The highest BCUT2D eigenvalue weighted by atomic mass is 32.2. The molecule has 1 unspecified atom stereocenters. The van der Waals surface area contributed by atoms with Gasteiger partial charge in [0.25, 0.3) is 0 Å². The van der Waals surface area contributed by atoms with Crippen molar-refractivity contribution in [3.8, 4) is 11.5 Å². The van der Waals surface area contributed by atoms with Gasteiger partial charge < -0.3 is 0 Å². The van der Waals surface area contributed by atoms with E-state index in [0.29, 0.717) is 19.3 Å². The molecule has 1 aliphatic heterocycles. The van der Waals surface area contributed by atoms with Crippen LogP contribution in [-0.4, -0.2) is 28.1 Å². The Kier molecular flexibility index (Phi) is 4.65. The zero-order chi connectivity index (χ0) is 14.0. The molecule has 1 saturated heterocycles. The van der Waals surface area contributed by atoms with Crippen molar-refractivity contribution in [2.75, 3.05) is 0 Å². The van der Waals surface area contributed by atoms with Crippen LogP contribution in [0.5, 0.6) is 0 Å². The molecule has 1 aliphatic rings. The normalized spacial score (nSPS) is 26.2. The quantitative estimate of drug-likeness (QED) is 0.625. The number of rotatable bonds is 2. The second-order valence-electron chi connectivity index (χ2n) is 6.45. The van der Waals surface area contributed by atoms with Crippen LogP contribution in [0.2, 0.25) is 19.6 Å². The molecule has 0 aromatic heterocycles. The summed E-state index contributed by atoms with van der Waals surface area (Å²) in [5.74, 6) is 3.14. The van der Waals surface area contributed by atoms with Crippen LogP contribution in [0, 0.1) is 11.5 Å². The lowest BCUT2D eigenvalue weighted by Gasteiger charge is -2.35. The molecule has 0 amide bonds. The third-order valence-corrected chi connectivity index (χ3v) is 4.71. The van der Waals surface area contributed by atoms with Gasteiger partial charge in [0, 0.05) is 12.0 Å². The molecule has 0 aromatic rings. The smallest absolute Gasteiger partial charge is 0.255 e. The molecule has 1 heterocycles. The maximum atomic E-state index is 11.5. The van der Waals surface area contributed by atoms with Gasteiger partial charge in [0.05, 0.1) is 6.10 Å². The Labute approximate surface area is 112 Å². The van der Waals surface area contributed by atoms with Crippen LogP contribution < -0.4 is 4.72 Å². The number of hydrogen-bond donors (Lipinski definition) is 1. The topological polar surface area (TPSA) is 55.4 Å². The van der Waals surface area contributed by atoms with Crippen molar-refractivity contribution in [2.45, 2.75) is 64.4 Å². The molecule has 1 atom stereocenters. The van der Waals surface area contributed by atoms with E-state index < -0.39 is 23.9 Å². The molecule has 0 aliphatic carbocycles. The van der Waals surface area contributed by atoms with E-state index in [0.717, 1.165) is 0 Å². The van der Waals surface area contributed by atoms with Crippen LogP contribution in [0.25, 0.3) is 0 Å². The highest BCUT2D eigenvalue weighted by Crippen LogP contribution is 2.24. The summed E-state index contributed by atoms with van der Waals surface area (Å²) in [6, 6.07) is 0. The summed E-state index contributed by atoms with van der Waals surface area (Å²) in [6.45, 7) is 10.3. The monoisotopic (exact) mass is 289 g/mol. The average molecular weight is 289 g/mol. The lowest BCUT2D eigenvalue weighted by molar-refractivity contribution is 0.125. The summed E-state index contributed by atoms with van der Waals surface area (Å²) in [7, 11) is -4.93. The van der Waals surface area contributed by atoms with Crippen LogP contribution in [0.15, 0.2) is 0 Å². The molecule has 1 rings (SSSR count). The lowest BCUT2D eigenvalue weighted by Crippen LogP contribution is -2.52. The molecule has 0 saturated carbocycles. The van der Waals surface area contributed by atoms with E-state index >= 15 is 0 Å². The molecular weight excluding hydrogens is 266 g/mol. The van der Waals surface area contributed by atoms with Crippen molar-refractivity contribution in [3.05, 3.63) is 0 Å². The van der Waals surface area contributed by atoms with Gasteiger partial charge in [-0.1, -0.05) is 19.6 Å². The van der Waals surface area contributed by atoms with Crippen molar-refractivity contribution >= 4 is 18.4 Å². The molecule has 1 fully saturated rings. The first-order chi connectivity index (χ1) is 7.99. The summed E-state index contributed by atoms with van der Waals surface area (Å²) in [6.07, 6.45) is 1.78. The van der Waals surface area contributed by atoms with Gasteiger partial charge in [-0.2, -0.15) is 13.1 Å². The van der Waals surface area contributed by atoms with Gasteiger partial charge in [-0.15, -0.1) is 11.5 Å². The summed E-state index contributed by atoms with van der Waals surface area (Å²) in [5, 5.41) is 0. The van der Waals surface area contributed by atoms with Crippen molar-refractivity contribution in [1.29, 1.82) is 0 Å². The van der Waals surface area contributed by atoms with Gasteiger partial charge in [0.15, 0.2) is 0 Å². The van der Waals surface area contributed by atoms with E-state index in [-0.39, 0.29) is 6.10 Å². The average Bonchev–Trinajstić information content (AvgIpc) is 2.05. The molecule has 0 bridgehead atoms. The van der Waals surface area contributed by atoms with Gasteiger partial charge >= 0.3 is 10.3 Å². The predicted octanol–water partition coefficient (Wildman–Crippen LogP) is 2.05. The fraction of sp³-hybridized carbons (Fsp3) is 0.833. The molecule has 0 radical (unpaired) electrons. The van der Waals surface area contributed by atoms with E-state index in [2.05, 4.69) is 35.8 Å². The van der Waals surface area contributed by atoms with Gasteiger partial charge in [-0.05, 0) is 26.7 Å². The Balaban J connectivity index is 2.55. The highest BCUT2D eigenvalue weighted by Gasteiger charge is 2.36. The highest BCUT2D eigenvalue weighted by molar-refractivity contribution is 7.84. The van der Waals surface area contributed by atoms with Crippen molar-refractivity contribution in [1.82, 2.24) is 4.72 Å². The Bertz CT molecular complexity index is 454. The first-order valence-corrected chi connectivity index (χ1v) is 11.1. The van der Waals surface area contributed by atoms with Crippen molar-refractivity contribution < 1.29 is 12.6 Å². The first kappa shape index (κ1) is 15.7. The van der Waals surface area contributed by atoms with E-state index in [9.17, 15) is 8.42 Å². The van der Waals surface area contributed by atoms with Crippen LogP contribution in [0.1, 0.15) is 33.1 Å². The summed E-state index contributed by atoms with van der Waals surface area (Å²) in [4.78, 5) is 0. The summed E-state index contributed by atoms with van der Waals surface area (Å²) < 4.78 is 30.6. The number of nitrogens with one attached hydrogen (secondary N) is 1. The predicted molar refractivity (Wildman–Crippen MR) is 76.0 cm³/mol. The summed E-state index contributed by atoms with van der Waals surface area (Å²) >= 11 is 0. The van der Waals surface area contributed by atoms with E-state index in [1.165, 1.54) is 0 Å². The molecule has 0 aromatic carbocycles. The second-order valence-corrected chi connectivity index (χ2v) is 12.5. The number of hydrogen-bond acceptors (Lipinski definition) is 3. The van der Waals surface area contributed by atoms with Crippen molar-refractivity contribution in [3.63, 3.8) is 0 Å². The minimum Gasteiger partial charge on any atom is -0.255 e. The molecule has 18 heavy (non-hydrogen) atoms. The Morgan fingerprint density at radius 2 is 2.00 bits per heavy atom. The van der Waals surface area contributed by atoms with E-state index in [1.54, 1.807) is 0 Å². The van der Waals surface area contributed by atoms with Gasteiger partial charge in [-0.25, -0.2) is 0 Å². The Morgan fingerprint density at radius 3 is 2.50 bits per heavy atom. The largest absolute Gasteiger partial charge is 0.336 e. The van der Waals surface area contributed by atoms with Gasteiger partial charge in [-0.3, -0.25) is 4.18 Å². The zero-order valence-corrected chi connectivity index (χ0v) is 13.6. The van der Waals surface area contributed by atoms with Crippen LogP contribution >= 0.6 is 0 Å². The minimum atomic E-state index is -3.59. The van der Waals surface area contributed by atoms with Crippen LogP contribution in [-0.2, 0) is 14.5 Å². The molecule has 6 heteroatoms. The molecule has 104 valence electrons. The van der Waals surface area contributed by atoms with E-state index in [1.807, 2.05) is 13.8 Å². The zero-order valence-electron chi connectivity index (χ0n) is 11.8.